The third-order valence-corrected chi connectivity index (χ3v) is 2.56. The number of carboxylic acid groups (broad SMARTS) is 1. The number of anilines is 1. The second-order valence-electron chi connectivity index (χ2n) is 3.69. The van der Waals surface area contributed by atoms with E-state index in [1.807, 2.05) is 0 Å². The minimum absolute atomic E-state index is 0.132. The van der Waals surface area contributed by atoms with Crippen molar-refractivity contribution >= 4 is 11.8 Å². The first-order valence-corrected chi connectivity index (χ1v) is 5.25. The van der Waals surface area contributed by atoms with Crippen LogP contribution in [0, 0.1) is 0 Å². The molecule has 3 N–H and O–H groups in total. The van der Waals surface area contributed by atoms with Crippen molar-refractivity contribution in [2.75, 3.05) is 12.8 Å². The Labute approximate surface area is 104 Å². The molecule has 0 atom stereocenters. The number of hydrogen-bond donors (Lipinski definition) is 2. The number of nitrogens with zero attached hydrogens (tertiary/aromatic N) is 1. The SMILES string of the molecule is COc1ccc(-c2cnc(N)cc2C(=O)O)cc1. The van der Waals surface area contributed by atoms with Gasteiger partial charge in [0.25, 0.3) is 0 Å². The monoisotopic (exact) mass is 244 g/mol. The smallest absolute Gasteiger partial charge is 0.336 e. The Morgan fingerprint density at radius 3 is 2.56 bits per heavy atom. The molecule has 0 spiro atoms. The summed E-state index contributed by atoms with van der Waals surface area (Å²) in [5, 5.41) is 9.14. The second-order valence-corrected chi connectivity index (χ2v) is 3.69. The fraction of sp³-hybridized carbons (Fsp3) is 0.0769. The zero-order chi connectivity index (χ0) is 13.1. The summed E-state index contributed by atoms with van der Waals surface area (Å²) >= 11 is 0. The molecule has 2 aromatic rings. The number of aromatic nitrogens is 1. The van der Waals surface area contributed by atoms with Crippen LogP contribution in [-0.2, 0) is 0 Å². The second kappa shape index (κ2) is 4.75. The van der Waals surface area contributed by atoms with Gasteiger partial charge in [0.15, 0.2) is 0 Å². The van der Waals surface area contributed by atoms with Gasteiger partial charge in [0.1, 0.15) is 11.6 Å². The maximum absolute atomic E-state index is 11.2. The third-order valence-electron chi connectivity index (χ3n) is 2.56. The molecule has 0 amide bonds. The summed E-state index contributed by atoms with van der Waals surface area (Å²) in [5.74, 6) is -0.140. The van der Waals surface area contributed by atoms with E-state index in [0.717, 1.165) is 5.56 Å². The van der Waals surface area contributed by atoms with Crippen molar-refractivity contribution in [3.05, 3.63) is 42.1 Å². The summed E-state index contributed by atoms with van der Waals surface area (Å²) in [5.41, 5.74) is 6.90. The number of carbonyl (C=O) groups is 1. The Bertz CT molecular complexity index is 579. The van der Waals surface area contributed by atoms with E-state index in [0.29, 0.717) is 11.3 Å². The first-order chi connectivity index (χ1) is 8.61. The largest absolute Gasteiger partial charge is 0.497 e. The molecule has 18 heavy (non-hydrogen) atoms. The van der Waals surface area contributed by atoms with Crippen LogP contribution in [0.4, 0.5) is 5.82 Å². The summed E-state index contributed by atoms with van der Waals surface area (Å²) in [6.45, 7) is 0. The molecule has 0 bridgehead atoms. The molecule has 5 nitrogen and oxygen atoms in total. The molecule has 0 aliphatic carbocycles. The van der Waals surface area contributed by atoms with Crippen molar-refractivity contribution in [1.82, 2.24) is 4.98 Å². The third kappa shape index (κ3) is 2.24. The molecule has 0 saturated carbocycles. The van der Waals surface area contributed by atoms with Crippen molar-refractivity contribution in [2.45, 2.75) is 0 Å². The van der Waals surface area contributed by atoms with Crippen molar-refractivity contribution in [2.24, 2.45) is 0 Å². The molecule has 1 heterocycles. The highest BCUT2D eigenvalue weighted by Gasteiger charge is 2.12. The van der Waals surface area contributed by atoms with Gasteiger partial charge in [0, 0.05) is 11.8 Å². The fourth-order valence-electron chi connectivity index (χ4n) is 1.65. The fourth-order valence-corrected chi connectivity index (χ4v) is 1.65. The normalized spacial score (nSPS) is 10.1. The highest BCUT2D eigenvalue weighted by atomic mass is 16.5. The number of aromatic carboxylic acids is 1. The van der Waals surface area contributed by atoms with Crippen LogP contribution in [0.5, 0.6) is 5.75 Å². The average Bonchev–Trinajstić information content (AvgIpc) is 2.39. The van der Waals surface area contributed by atoms with E-state index in [9.17, 15) is 4.79 Å². The molecule has 92 valence electrons. The molecule has 0 aliphatic heterocycles. The van der Waals surface area contributed by atoms with Crippen molar-refractivity contribution in [3.8, 4) is 16.9 Å². The lowest BCUT2D eigenvalue weighted by Crippen LogP contribution is -2.02. The molecule has 0 unspecified atom stereocenters. The van der Waals surface area contributed by atoms with Crippen LogP contribution >= 0.6 is 0 Å². The summed E-state index contributed by atoms with van der Waals surface area (Å²) in [6.07, 6.45) is 1.46. The Kier molecular flexibility index (Phi) is 3.14. The van der Waals surface area contributed by atoms with Crippen LogP contribution in [0.15, 0.2) is 36.5 Å². The minimum atomic E-state index is -1.03. The minimum Gasteiger partial charge on any atom is -0.497 e. The number of hydrogen-bond acceptors (Lipinski definition) is 4. The number of nitrogen functional groups attached to an aromatic ring is 1. The molecule has 5 heteroatoms. The van der Waals surface area contributed by atoms with E-state index in [-0.39, 0.29) is 11.4 Å². The molecule has 0 saturated heterocycles. The number of ether oxygens (including phenoxy) is 1. The van der Waals surface area contributed by atoms with Crippen LogP contribution in [-0.4, -0.2) is 23.2 Å². The van der Waals surface area contributed by atoms with Gasteiger partial charge in [-0.3, -0.25) is 0 Å². The van der Waals surface area contributed by atoms with E-state index in [2.05, 4.69) is 4.98 Å². The van der Waals surface area contributed by atoms with Gasteiger partial charge in [0.2, 0.25) is 0 Å². The zero-order valence-electron chi connectivity index (χ0n) is 9.75. The van der Waals surface area contributed by atoms with Crippen LogP contribution < -0.4 is 10.5 Å². The van der Waals surface area contributed by atoms with Gasteiger partial charge in [-0.15, -0.1) is 0 Å². The lowest BCUT2D eigenvalue weighted by molar-refractivity contribution is 0.0697. The standard InChI is InChI=1S/C13H12N2O3/c1-18-9-4-2-8(3-5-9)11-7-15-12(14)6-10(11)13(16)17/h2-7H,1H3,(H2,14,15)(H,16,17). The van der Waals surface area contributed by atoms with Gasteiger partial charge in [-0.05, 0) is 23.8 Å². The highest BCUT2D eigenvalue weighted by Crippen LogP contribution is 2.26. The number of carboxylic acids is 1. The lowest BCUT2D eigenvalue weighted by Gasteiger charge is -2.07. The summed E-state index contributed by atoms with van der Waals surface area (Å²) in [7, 11) is 1.57. The summed E-state index contributed by atoms with van der Waals surface area (Å²) in [6, 6.07) is 8.42. The molecule has 0 radical (unpaired) electrons. The van der Waals surface area contributed by atoms with Crippen LogP contribution in [0.2, 0.25) is 0 Å². The number of rotatable bonds is 3. The Morgan fingerprint density at radius 1 is 1.33 bits per heavy atom. The van der Waals surface area contributed by atoms with Crippen LogP contribution in [0.3, 0.4) is 0 Å². The lowest BCUT2D eigenvalue weighted by atomic mass is 10.0. The number of benzene rings is 1. The van der Waals surface area contributed by atoms with Gasteiger partial charge < -0.3 is 15.6 Å². The molecule has 0 aliphatic rings. The summed E-state index contributed by atoms with van der Waals surface area (Å²) < 4.78 is 5.05. The first-order valence-electron chi connectivity index (χ1n) is 5.25. The van der Waals surface area contributed by atoms with Crippen LogP contribution in [0.1, 0.15) is 10.4 Å². The van der Waals surface area contributed by atoms with Crippen molar-refractivity contribution < 1.29 is 14.6 Å². The van der Waals surface area contributed by atoms with Gasteiger partial charge in [-0.1, -0.05) is 12.1 Å². The van der Waals surface area contributed by atoms with Gasteiger partial charge in [-0.2, -0.15) is 0 Å². The van der Waals surface area contributed by atoms with E-state index >= 15 is 0 Å². The number of pyridine rings is 1. The van der Waals surface area contributed by atoms with E-state index in [1.165, 1.54) is 12.3 Å². The maximum Gasteiger partial charge on any atom is 0.336 e. The van der Waals surface area contributed by atoms with Crippen LogP contribution in [0.25, 0.3) is 11.1 Å². The zero-order valence-corrected chi connectivity index (χ0v) is 9.75. The maximum atomic E-state index is 11.2. The Hall–Kier alpha value is -2.56. The number of nitrogens with two attached hydrogens (primary N) is 1. The van der Waals surface area contributed by atoms with Crippen molar-refractivity contribution in [1.29, 1.82) is 0 Å². The molecule has 1 aromatic heterocycles. The van der Waals surface area contributed by atoms with Gasteiger partial charge in [-0.25, -0.2) is 9.78 Å². The highest BCUT2D eigenvalue weighted by molar-refractivity contribution is 5.96. The van der Waals surface area contributed by atoms with Crippen molar-refractivity contribution in [3.63, 3.8) is 0 Å². The molecular weight excluding hydrogens is 232 g/mol. The quantitative estimate of drug-likeness (QED) is 0.862. The van der Waals surface area contributed by atoms with E-state index in [1.54, 1.807) is 31.4 Å². The molecule has 1 aromatic carbocycles. The van der Waals surface area contributed by atoms with Gasteiger partial charge >= 0.3 is 5.97 Å². The molecular formula is C13H12N2O3. The Morgan fingerprint density at radius 2 is 2.00 bits per heavy atom. The summed E-state index contributed by atoms with van der Waals surface area (Å²) in [4.78, 5) is 15.1. The van der Waals surface area contributed by atoms with E-state index < -0.39 is 5.97 Å². The average molecular weight is 244 g/mol. The predicted octanol–water partition coefficient (Wildman–Crippen LogP) is 2.04. The molecule has 2 rings (SSSR count). The Balaban J connectivity index is 2.52. The van der Waals surface area contributed by atoms with E-state index in [4.69, 9.17) is 15.6 Å². The predicted molar refractivity (Wildman–Crippen MR) is 67.6 cm³/mol. The first kappa shape index (κ1) is 11.9. The van der Waals surface area contributed by atoms with Gasteiger partial charge in [0.05, 0.1) is 12.7 Å². The topological polar surface area (TPSA) is 85.4 Å². The molecule has 0 fully saturated rings. The number of methoxy groups -OCH3 is 1.